The SMILES string of the molecule is COc1cc2c(cc1OC(=O)N(C)CCNC(=O)CCCn1c(O)cc(C)c1O)c(=O)n(C)c1c3cc4c(cc3ncc21)OCO4. The first-order chi connectivity index (χ1) is 22.1. The summed E-state index contributed by atoms with van der Waals surface area (Å²) >= 11 is 0. The molecule has 0 atom stereocenters. The van der Waals surface area contributed by atoms with Gasteiger partial charge in [-0.05, 0) is 31.5 Å². The van der Waals surface area contributed by atoms with Gasteiger partial charge in [-0.1, -0.05) is 0 Å². The van der Waals surface area contributed by atoms with Crippen molar-refractivity contribution in [3.8, 4) is 34.8 Å². The van der Waals surface area contributed by atoms with Gasteiger partial charge in [0.2, 0.25) is 12.7 Å². The molecule has 0 saturated heterocycles. The summed E-state index contributed by atoms with van der Waals surface area (Å²) in [4.78, 5) is 44.8. The Bertz CT molecular complexity index is 2080. The topological polar surface area (TPSA) is 167 Å². The number of fused-ring (bicyclic) bond motifs is 6. The summed E-state index contributed by atoms with van der Waals surface area (Å²) in [6, 6.07) is 8.18. The maximum atomic E-state index is 13.6. The molecule has 0 bridgehead atoms. The number of pyridine rings is 2. The fourth-order valence-electron chi connectivity index (χ4n) is 5.60. The summed E-state index contributed by atoms with van der Waals surface area (Å²) < 4.78 is 25.1. The van der Waals surface area contributed by atoms with Crippen LogP contribution >= 0.6 is 0 Å². The molecular formula is C32H33N5O9. The monoisotopic (exact) mass is 631 g/mol. The van der Waals surface area contributed by atoms with Crippen LogP contribution in [0.15, 0.2) is 41.3 Å². The summed E-state index contributed by atoms with van der Waals surface area (Å²) in [6.07, 6.45) is 1.54. The minimum atomic E-state index is -0.706. The van der Waals surface area contributed by atoms with E-state index in [1.165, 1.54) is 40.3 Å². The van der Waals surface area contributed by atoms with Gasteiger partial charge in [0, 0.05) is 80.2 Å². The minimum absolute atomic E-state index is 0.0329. The standard InChI is InChI=1S/C32H33N5O9/c1-17-10-28(39)37(30(17)40)8-5-6-27(38)33-7-9-35(2)32(42)46-26-12-19-18(11-23(26)43-4)21-15-34-22-14-25-24(44-16-45-25)13-20(22)29(21)36(3)31(19)41/h10-15,39-40H,5-9,16H2,1-4H3,(H,33,38). The van der Waals surface area contributed by atoms with E-state index in [9.17, 15) is 24.6 Å². The zero-order chi connectivity index (χ0) is 32.7. The molecule has 14 heteroatoms. The van der Waals surface area contributed by atoms with Crippen molar-refractivity contribution in [1.29, 1.82) is 0 Å². The maximum Gasteiger partial charge on any atom is 0.415 e. The molecule has 0 spiro atoms. The molecule has 1 aliphatic rings. The van der Waals surface area contributed by atoms with Gasteiger partial charge < -0.3 is 43.9 Å². The molecule has 14 nitrogen and oxygen atoms in total. The molecule has 0 radical (unpaired) electrons. The van der Waals surface area contributed by atoms with Gasteiger partial charge in [0.25, 0.3) is 5.56 Å². The molecule has 0 fully saturated rings. The lowest BCUT2D eigenvalue weighted by Crippen LogP contribution is -2.37. The smallest absolute Gasteiger partial charge is 0.415 e. The first-order valence-electron chi connectivity index (χ1n) is 14.6. The molecule has 240 valence electrons. The van der Waals surface area contributed by atoms with E-state index in [0.29, 0.717) is 50.7 Å². The highest BCUT2D eigenvalue weighted by atomic mass is 16.7. The molecule has 2 amide bonds. The molecule has 5 aromatic rings. The van der Waals surface area contributed by atoms with Gasteiger partial charge in [0.1, 0.15) is 0 Å². The Kier molecular flexibility index (Phi) is 7.94. The fraction of sp³-hybridized carbons (Fsp3) is 0.312. The number of amides is 2. The summed E-state index contributed by atoms with van der Waals surface area (Å²) in [5.41, 5.74) is 1.55. The number of likely N-dealkylation sites (N-methyl/N-ethyl adjacent to an activating group) is 1. The average Bonchev–Trinajstić information content (AvgIpc) is 3.60. The molecule has 1 aliphatic heterocycles. The lowest BCUT2D eigenvalue weighted by atomic mass is 10.0. The molecule has 6 rings (SSSR count). The van der Waals surface area contributed by atoms with Gasteiger partial charge in [0.05, 0.1) is 23.5 Å². The number of methoxy groups -OCH3 is 1. The number of ether oxygens (including phenoxy) is 4. The van der Waals surface area contributed by atoms with Gasteiger partial charge in [-0.2, -0.15) is 0 Å². The number of benzene rings is 2. The Morgan fingerprint density at radius 2 is 1.78 bits per heavy atom. The molecular weight excluding hydrogens is 598 g/mol. The normalized spacial score (nSPS) is 12.2. The second-order valence-corrected chi connectivity index (χ2v) is 11.1. The molecule has 2 aromatic carbocycles. The van der Waals surface area contributed by atoms with E-state index in [-0.39, 0.29) is 67.6 Å². The summed E-state index contributed by atoms with van der Waals surface area (Å²) in [6.45, 7) is 2.39. The Labute approximate surface area is 262 Å². The van der Waals surface area contributed by atoms with Crippen LogP contribution in [0.1, 0.15) is 18.4 Å². The van der Waals surface area contributed by atoms with E-state index in [1.807, 2.05) is 6.07 Å². The number of hydrogen-bond donors (Lipinski definition) is 3. The summed E-state index contributed by atoms with van der Waals surface area (Å²) in [7, 11) is 4.63. The first kappa shape index (κ1) is 30.4. The highest BCUT2D eigenvalue weighted by Crippen LogP contribution is 2.40. The quantitative estimate of drug-likeness (QED) is 0.205. The van der Waals surface area contributed by atoms with Crippen LogP contribution in [0.5, 0.6) is 34.8 Å². The van der Waals surface area contributed by atoms with E-state index in [2.05, 4.69) is 10.3 Å². The number of carbonyl (C=O) groups excluding carboxylic acids is 2. The van der Waals surface area contributed by atoms with Gasteiger partial charge in [-0.3, -0.25) is 19.1 Å². The number of nitrogens with one attached hydrogen (secondary N) is 1. The number of hydrogen-bond acceptors (Lipinski definition) is 10. The van der Waals surface area contributed by atoms with Crippen LogP contribution in [0.3, 0.4) is 0 Å². The van der Waals surface area contributed by atoms with E-state index in [4.69, 9.17) is 18.9 Å². The second-order valence-electron chi connectivity index (χ2n) is 11.1. The minimum Gasteiger partial charge on any atom is -0.494 e. The van der Waals surface area contributed by atoms with Crippen molar-refractivity contribution in [1.82, 2.24) is 24.3 Å². The number of nitrogens with zero attached hydrogens (tertiary/aromatic N) is 4. The zero-order valence-electron chi connectivity index (χ0n) is 25.7. The zero-order valence-corrected chi connectivity index (χ0v) is 25.7. The maximum absolute atomic E-state index is 13.6. The molecule has 46 heavy (non-hydrogen) atoms. The van der Waals surface area contributed by atoms with Crippen LogP contribution in [-0.4, -0.2) is 75.3 Å². The van der Waals surface area contributed by atoms with Gasteiger partial charge >= 0.3 is 6.09 Å². The first-order valence-corrected chi connectivity index (χ1v) is 14.6. The van der Waals surface area contributed by atoms with Crippen LogP contribution in [0.25, 0.3) is 32.6 Å². The largest absolute Gasteiger partial charge is 0.494 e. The van der Waals surface area contributed by atoms with Crippen LogP contribution < -0.4 is 29.8 Å². The molecule has 4 heterocycles. The Morgan fingerprint density at radius 3 is 2.50 bits per heavy atom. The fourth-order valence-corrected chi connectivity index (χ4v) is 5.60. The lowest BCUT2D eigenvalue weighted by molar-refractivity contribution is -0.121. The molecule has 3 N–H and O–H groups in total. The predicted octanol–water partition coefficient (Wildman–Crippen LogP) is 3.53. The Morgan fingerprint density at radius 1 is 1.04 bits per heavy atom. The van der Waals surface area contributed by atoms with E-state index in [1.54, 1.807) is 32.3 Å². The summed E-state index contributed by atoms with van der Waals surface area (Å²) in [5.74, 6) is 1.14. The lowest BCUT2D eigenvalue weighted by Gasteiger charge is -2.19. The van der Waals surface area contributed by atoms with E-state index >= 15 is 0 Å². The highest BCUT2D eigenvalue weighted by molar-refractivity contribution is 6.15. The van der Waals surface area contributed by atoms with Crippen molar-refractivity contribution in [2.75, 3.05) is 34.0 Å². The van der Waals surface area contributed by atoms with Crippen molar-refractivity contribution in [2.45, 2.75) is 26.3 Å². The molecule has 3 aromatic heterocycles. The van der Waals surface area contributed by atoms with Gasteiger partial charge in [-0.25, -0.2) is 4.79 Å². The third-order valence-corrected chi connectivity index (χ3v) is 8.09. The van der Waals surface area contributed by atoms with Crippen molar-refractivity contribution in [3.05, 3.63) is 52.4 Å². The van der Waals surface area contributed by atoms with Crippen LogP contribution in [0, 0.1) is 6.92 Å². The van der Waals surface area contributed by atoms with Crippen molar-refractivity contribution in [3.63, 3.8) is 0 Å². The number of aryl methyl sites for hydroxylation is 2. The van der Waals surface area contributed by atoms with Gasteiger partial charge in [0.15, 0.2) is 34.8 Å². The van der Waals surface area contributed by atoms with Crippen molar-refractivity contribution < 1.29 is 38.7 Å². The van der Waals surface area contributed by atoms with Crippen LogP contribution in [-0.2, 0) is 18.4 Å². The van der Waals surface area contributed by atoms with Crippen molar-refractivity contribution >= 4 is 44.6 Å². The number of rotatable bonds is 9. The van der Waals surface area contributed by atoms with E-state index < -0.39 is 6.09 Å². The molecule has 0 saturated carbocycles. The van der Waals surface area contributed by atoms with E-state index in [0.717, 1.165) is 5.39 Å². The number of aromatic hydroxyl groups is 2. The Hall–Kier alpha value is -5.66. The predicted molar refractivity (Wildman–Crippen MR) is 168 cm³/mol. The highest BCUT2D eigenvalue weighted by Gasteiger charge is 2.22. The van der Waals surface area contributed by atoms with Crippen LogP contribution in [0.4, 0.5) is 4.79 Å². The number of aromatic nitrogens is 3. The molecule has 0 aliphatic carbocycles. The molecule has 0 unspecified atom stereocenters. The van der Waals surface area contributed by atoms with Crippen molar-refractivity contribution in [2.24, 2.45) is 7.05 Å². The summed E-state index contributed by atoms with van der Waals surface area (Å²) in [5, 5.41) is 24.9. The van der Waals surface area contributed by atoms with Crippen LogP contribution in [0.2, 0.25) is 0 Å². The average molecular weight is 632 g/mol. The van der Waals surface area contributed by atoms with Gasteiger partial charge in [-0.15, -0.1) is 0 Å². The third-order valence-electron chi connectivity index (χ3n) is 8.09. The second kappa shape index (κ2) is 12.0. The number of carbonyl (C=O) groups is 2. The Balaban J connectivity index is 1.14. The third kappa shape index (κ3) is 5.42.